The highest BCUT2D eigenvalue weighted by Crippen LogP contribution is 2.31. The molecule has 1 aromatic heterocycles. The Kier molecular flexibility index (Phi) is 2.17. The smallest absolute Gasteiger partial charge is 0.102 e. The van der Waals surface area contributed by atoms with Crippen molar-refractivity contribution < 1.29 is 0 Å². The van der Waals surface area contributed by atoms with Crippen molar-refractivity contribution in [1.82, 2.24) is 0 Å². The van der Waals surface area contributed by atoms with E-state index in [4.69, 9.17) is 10.5 Å². The highest BCUT2D eigenvalue weighted by molar-refractivity contribution is 7.80. The summed E-state index contributed by atoms with van der Waals surface area (Å²) in [6.45, 7) is 0. The minimum absolute atomic E-state index is 0.363. The van der Waals surface area contributed by atoms with Crippen LogP contribution in [0.3, 0.4) is 0 Å². The molecule has 0 atom stereocenters. The third kappa shape index (κ3) is 1.17. The second-order valence-electron chi connectivity index (χ2n) is 2.70. The third-order valence-electron chi connectivity index (χ3n) is 1.96. The lowest BCUT2D eigenvalue weighted by atomic mass is 10.1. The normalized spacial score (nSPS) is 9.64. The molecular weight excluding hydrogens is 212 g/mol. The van der Waals surface area contributed by atoms with Gasteiger partial charge in [0, 0.05) is 15.0 Å². The highest BCUT2D eigenvalue weighted by atomic mass is 32.1. The number of thiol groups is 1. The molecule has 0 radical (unpaired) electrons. The number of thiophene rings is 1. The van der Waals surface area contributed by atoms with E-state index in [1.54, 1.807) is 17.4 Å². The largest absolute Gasteiger partial charge is 0.192 e. The first-order valence-electron chi connectivity index (χ1n) is 3.81. The van der Waals surface area contributed by atoms with Gasteiger partial charge in [0.1, 0.15) is 12.1 Å². The van der Waals surface area contributed by atoms with Gasteiger partial charge in [-0.25, -0.2) is 0 Å². The number of benzene rings is 1. The van der Waals surface area contributed by atoms with E-state index in [1.165, 1.54) is 0 Å². The Hall–Kier alpha value is -1.49. The predicted octanol–water partition coefficient (Wildman–Crippen LogP) is 2.93. The lowest BCUT2D eigenvalue weighted by molar-refractivity contribution is 1.38. The summed E-state index contributed by atoms with van der Waals surface area (Å²) in [4.78, 5) is 0.600. The van der Waals surface area contributed by atoms with Crippen LogP contribution in [0.15, 0.2) is 22.4 Å². The molecule has 0 saturated heterocycles. The number of hydrogen-bond acceptors (Lipinski definition) is 4. The van der Waals surface area contributed by atoms with Gasteiger partial charge in [-0.05, 0) is 17.5 Å². The molecule has 0 aliphatic rings. The summed E-state index contributed by atoms with van der Waals surface area (Å²) in [6.07, 6.45) is 0. The van der Waals surface area contributed by atoms with Crippen molar-refractivity contribution in [3.05, 3.63) is 28.6 Å². The van der Waals surface area contributed by atoms with Crippen molar-refractivity contribution in [3.63, 3.8) is 0 Å². The van der Waals surface area contributed by atoms with Gasteiger partial charge in [0.15, 0.2) is 0 Å². The lowest BCUT2D eigenvalue weighted by Crippen LogP contribution is -1.85. The number of hydrogen-bond donors (Lipinski definition) is 1. The first-order chi connectivity index (χ1) is 6.77. The molecule has 0 N–H and O–H groups in total. The molecule has 0 bridgehead atoms. The summed E-state index contributed by atoms with van der Waals surface area (Å²) in [5.74, 6) is 0. The number of nitriles is 2. The molecule has 2 rings (SSSR count). The van der Waals surface area contributed by atoms with Gasteiger partial charge in [-0.2, -0.15) is 10.5 Å². The van der Waals surface area contributed by atoms with Crippen LogP contribution in [-0.4, -0.2) is 0 Å². The average molecular weight is 216 g/mol. The van der Waals surface area contributed by atoms with Gasteiger partial charge in [-0.1, -0.05) is 0 Å². The highest BCUT2D eigenvalue weighted by Gasteiger charge is 2.10. The van der Waals surface area contributed by atoms with Gasteiger partial charge in [0.2, 0.25) is 0 Å². The number of rotatable bonds is 0. The van der Waals surface area contributed by atoms with Crippen LogP contribution in [0.2, 0.25) is 0 Å². The molecule has 2 aromatic rings. The van der Waals surface area contributed by atoms with Crippen LogP contribution in [0, 0.1) is 22.7 Å². The molecule has 1 aromatic carbocycles. The molecular formula is C10H4N2S2. The van der Waals surface area contributed by atoms with Crippen molar-refractivity contribution in [2.75, 3.05) is 0 Å². The van der Waals surface area contributed by atoms with E-state index in [2.05, 4.69) is 12.6 Å². The summed E-state index contributed by atoms with van der Waals surface area (Å²) in [7, 11) is 0. The standard InChI is InChI=1S/C10H4N2S2/c11-4-6-3-9-7(1-2-14-9)10(13)8(6)5-12/h1-3,13H. The summed E-state index contributed by atoms with van der Waals surface area (Å²) in [5, 5.41) is 20.6. The predicted molar refractivity (Wildman–Crippen MR) is 58.5 cm³/mol. The average Bonchev–Trinajstić information content (AvgIpc) is 2.65. The molecule has 4 heteroatoms. The topological polar surface area (TPSA) is 47.6 Å². The fraction of sp³-hybridized carbons (Fsp3) is 0. The summed E-state index contributed by atoms with van der Waals surface area (Å²) in [5.41, 5.74) is 0.759. The first-order valence-corrected chi connectivity index (χ1v) is 5.14. The van der Waals surface area contributed by atoms with E-state index in [0.717, 1.165) is 10.1 Å². The van der Waals surface area contributed by atoms with Crippen LogP contribution < -0.4 is 0 Å². The van der Waals surface area contributed by atoms with Crippen molar-refractivity contribution in [1.29, 1.82) is 10.5 Å². The van der Waals surface area contributed by atoms with E-state index in [-0.39, 0.29) is 0 Å². The van der Waals surface area contributed by atoms with E-state index < -0.39 is 0 Å². The molecule has 0 aliphatic carbocycles. The molecule has 0 spiro atoms. The van der Waals surface area contributed by atoms with Crippen LogP contribution in [0.4, 0.5) is 0 Å². The second-order valence-corrected chi connectivity index (χ2v) is 4.10. The van der Waals surface area contributed by atoms with Gasteiger partial charge in [-0.15, -0.1) is 24.0 Å². The molecule has 0 unspecified atom stereocenters. The molecule has 0 saturated carbocycles. The molecule has 2 nitrogen and oxygen atoms in total. The van der Waals surface area contributed by atoms with Gasteiger partial charge >= 0.3 is 0 Å². The molecule has 14 heavy (non-hydrogen) atoms. The van der Waals surface area contributed by atoms with Gasteiger partial charge < -0.3 is 0 Å². The van der Waals surface area contributed by atoms with Crippen LogP contribution in [0.25, 0.3) is 10.1 Å². The second kappa shape index (κ2) is 3.34. The van der Waals surface area contributed by atoms with Crippen LogP contribution in [-0.2, 0) is 0 Å². The van der Waals surface area contributed by atoms with Gasteiger partial charge in [0.05, 0.1) is 11.1 Å². The summed E-state index contributed by atoms with van der Waals surface area (Å²) >= 11 is 5.81. The Labute approximate surface area is 90.4 Å². The maximum Gasteiger partial charge on any atom is 0.102 e. The first kappa shape index (κ1) is 9.08. The Bertz CT molecular complexity index is 584. The molecule has 1 heterocycles. The maximum absolute atomic E-state index is 8.88. The van der Waals surface area contributed by atoms with Crippen molar-refractivity contribution in [2.45, 2.75) is 4.90 Å². The van der Waals surface area contributed by atoms with E-state index in [9.17, 15) is 0 Å². The van der Waals surface area contributed by atoms with E-state index in [0.29, 0.717) is 16.0 Å². The fourth-order valence-corrected chi connectivity index (χ4v) is 2.57. The van der Waals surface area contributed by atoms with Crippen molar-refractivity contribution in [3.8, 4) is 12.1 Å². The number of fused-ring (bicyclic) bond motifs is 1. The van der Waals surface area contributed by atoms with Gasteiger partial charge in [0.25, 0.3) is 0 Å². The summed E-state index contributed by atoms with van der Waals surface area (Å²) in [6, 6.07) is 7.65. The zero-order chi connectivity index (χ0) is 10.1. The Morgan fingerprint density at radius 2 is 2.07 bits per heavy atom. The number of nitrogens with zero attached hydrogens (tertiary/aromatic N) is 2. The van der Waals surface area contributed by atoms with E-state index >= 15 is 0 Å². The minimum atomic E-state index is 0.363. The SMILES string of the molecule is N#Cc1cc2sccc2c(S)c1C#N. The lowest BCUT2D eigenvalue weighted by Gasteiger charge is -2.00. The van der Waals surface area contributed by atoms with Crippen molar-refractivity contribution >= 4 is 34.1 Å². The summed E-state index contributed by atoms with van der Waals surface area (Å²) < 4.78 is 0.991. The Morgan fingerprint density at radius 1 is 1.29 bits per heavy atom. The fourth-order valence-electron chi connectivity index (χ4n) is 1.30. The van der Waals surface area contributed by atoms with Crippen LogP contribution >= 0.6 is 24.0 Å². The molecule has 0 amide bonds. The molecule has 0 fully saturated rings. The van der Waals surface area contributed by atoms with Crippen LogP contribution in [0.5, 0.6) is 0 Å². The quantitative estimate of drug-likeness (QED) is 0.688. The van der Waals surface area contributed by atoms with Gasteiger partial charge in [-0.3, -0.25) is 0 Å². The third-order valence-corrected chi connectivity index (χ3v) is 3.29. The zero-order valence-corrected chi connectivity index (χ0v) is 8.69. The monoisotopic (exact) mass is 216 g/mol. The minimum Gasteiger partial charge on any atom is -0.192 e. The zero-order valence-electron chi connectivity index (χ0n) is 6.98. The van der Waals surface area contributed by atoms with E-state index in [1.807, 2.05) is 23.6 Å². The molecule has 66 valence electrons. The van der Waals surface area contributed by atoms with Crippen molar-refractivity contribution in [2.24, 2.45) is 0 Å². The Balaban J connectivity index is 2.97. The Morgan fingerprint density at radius 3 is 2.71 bits per heavy atom. The van der Waals surface area contributed by atoms with Crippen LogP contribution in [0.1, 0.15) is 11.1 Å². The maximum atomic E-state index is 8.88. The molecule has 0 aliphatic heterocycles.